The molecule has 0 saturated carbocycles. The topological polar surface area (TPSA) is 66.2 Å². The minimum Gasteiger partial charge on any atom is -0.467 e. The maximum atomic E-state index is 6.10. The summed E-state index contributed by atoms with van der Waals surface area (Å²) in [6.07, 6.45) is 3.16. The van der Waals surface area contributed by atoms with E-state index in [9.17, 15) is 0 Å². The maximum absolute atomic E-state index is 6.10. The van der Waals surface area contributed by atoms with Crippen LogP contribution >= 0.6 is 11.6 Å². The van der Waals surface area contributed by atoms with Crippen LogP contribution in [0.15, 0.2) is 29.0 Å². The van der Waals surface area contributed by atoms with E-state index in [0.717, 1.165) is 5.69 Å². The average molecular weight is 256 g/mol. The number of hydrogen-bond acceptors (Lipinski definition) is 4. The minimum absolute atomic E-state index is 0.420. The Labute approximate surface area is 104 Å². The highest BCUT2D eigenvalue weighted by Gasteiger charge is 2.20. The summed E-state index contributed by atoms with van der Waals surface area (Å²) in [4.78, 5) is 0. The zero-order valence-electron chi connectivity index (χ0n) is 9.47. The van der Waals surface area contributed by atoms with Gasteiger partial charge in [0.2, 0.25) is 0 Å². The molecule has 17 heavy (non-hydrogen) atoms. The number of nitrogens with two attached hydrogens (primary N) is 1. The number of nitrogens with zero attached hydrogens (tertiary/aromatic N) is 2. The molecule has 0 aliphatic rings. The molecule has 0 fully saturated rings. The Hall–Kier alpha value is -1.30. The molecule has 2 rings (SSSR count). The van der Waals surface area contributed by atoms with E-state index in [-0.39, 0.29) is 0 Å². The fourth-order valence-corrected chi connectivity index (χ4v) is 1.90. The van der Waals surface area contributed by atoms with E-state index >= 15 is 0 Å². The van der Waals surface area contributed by atoms with Crippen LogP contribution in [0.2, 0.25) is 5.02 Å². The molecule has 0 spiro atoms. The number of rotatable bonds is 5. The summed E-state index contributed by atoms with van der Waals surface area (Å²) in [7, 11) is 1.64. The molecule has 0 bridgehead atoms. The van der Waals surface area contributed by atoms with E-state index in [1.54, 1.807) is 30.3 Å². The Bertz CT molecular complexity index is 467. The van der Waals surface area contributed by atoms with Gasteiger partial charge in [-0.2, -0.15) is 5.10 Å². The lowest BCUT2D eigenvalue weighted by atomic mass is 10.1. The van der Waals surface area contributed by atoms with Crippen molar-refractivity contribution in [1.82, 2.24) is 9.78 Å². The molecule has 0 radical (unpaired) electrons. The highest BCUT2D eigenvalue weighted by Crippen LogP contribution is 2.26. The first kappa shape index (κ1) is 12.2. The monoisotopic (exact) mass is 255 g/mol. The fraction of sp³-hybridized carbons (Fsp3) is 0.364. The average Bonchev–Trinajstić information content (AvgIpc) is 2.95. The lowest BCUT2D eigenvalue weighted by Gasteiger charge is -2.12. The lowest BCUT2D eigenvalue weighted by molar-refractivity contribution is 0.182. The highest BCUT2D eigenvalue weighted by molar-refractivity contribution is 6.31. The molecule has 92 valence electrons. The van der Waals surface area contributed by atoms with Gasteiger partial charge in [0.1, 0.15) is 11.8 Å². The normalized spacial score (nSPS) is 12.9. The van der Waals surface area contributed by atoms with E-state index < -0.39 is 6.04 Å². The summed E-state index contributed by atoms with van der Waals surface area (Å²) in [5.41, 5.74) is 6.83. The summed E-state index contributed by atoms with van der Waals surface area (Å²) in [6.45, 7) is 1.16. The minimum atomic E-state index is -0.420. The number of hydrogen-bond donors (Lipinski definition) is 1. The van der Waals surface area contributed by atoms with Gasteiger partial charge in [-0.1, -0.05) is 11.6 Å². The molecule has 2 N–H and O–H groups in total. The van der Waals surface area contributed by atoms with Gasteiger partial charge in [-0.05, 0) is 12.1 Å². The molecule has 6 heteroatoms. The third-order valence-corrected chi connectivity index (χ3v) is 2.78. The summed E-state index contributed by atoms with van der Waals surface area (Å²) in [5.74, 6) is 0.658. The smallest absolute Gasteiger partial charge is 0.126 e. The van der Waals surface area contributed by atoms with Crippen molar-refractivity contribution in [3.05, 3.63) is 41.1 Å². The number of methoxy groups -OCH3 is 1. The predicted molar refractivity (Wildman–Crippen MR) is 63.9 cm³/mol. The maximum Gasteiger partial charge on any atom is 0.126 e. The zero-order chi connectivity index (χ0) is 12.3. The van der Waals surface area contributed by atoms with Crippen LogP contribution in [0, 0.1) is 0 Å². The van der Waals surface area contributed by atoms with Crippen molar-refractivity contribution in [2.45, 2.75) is 12.6 Å². The molecule has 1 atom stereocenters. The van der Waals surface area contributed by atoms with Gasteiger partial charge in [0.15, 0.2) is 0 Å². The standard InChI is InChI=1S/C11H14ClN3O2/c1-16-6-4-15-11(8(12)7-14-15)10(13)9-3-2-5-17-9/h2-3,5,7,10H,4,6,13H2,1H3. The van der Waals surface area contributed by atoms with Crippen LogP contribution < -0.4 is 5.73 Å². The SMILES string of the molecule is COCCn1ncc(Cl)c1C(N)c1ccco1. The number of aromatic nitrogens is 2. The van der Waals surface area contributed by atoms with Gasteiger partial charge in [-0.15, -0.1) is 0 Å². The Morgan fingerprint density at radius 1 is 1.65 bits per heavy atom. The summed E-state index contributed by atoms with van der Waals surface area (Å²) in [6, 6.07) is 3.19. The highest BCUT2D eigenvalue weighted by atomic mass is 35.5. The molecule has 5 nitrogen and oxygen atoms in total. The Morgan fingerprint density at radius 3 is 3.12 bits per heavy atom. The molecule has 0 aromatic carbocycles. The van der Waals surface area contributed by atoms with Crippen LogP contribution in [0.5, 0.6) is 0 Å². The third-order valence-electron chi connectivity index (χ3n) is 2.48. The quantitative estimate of drug-likeness (QED) is 0.885. The molecule has 0 aliphatic carbocycles. The van der Waals surface area contributed by atoms with E-state index in [2.05, 4.69) is 5.10 Å². The fourth-order valence-electron chi connectivity index (χ4n) is 1.64. The van der Waals surface area contributed by atoms with E-state index in [4.69, 9.17) is 26.5 Å². The molecular formula is C11H14ClN3O2. The van der Waals surface area contributed by atoms with Crippen molar-refractivity contribution < 1.29 is 9.15 Å². The van der Waals surface area contributed by atoms with Crippen LogP contribution in [-0.2, 0) is 11.3 Å². The molecule has 0 amide bonds. The summed E-state index contributed by atoms with van der Waals surface area (Å²) >= 11 is 6.09. The van der Waals surface area contributed by atoms with Crippen molar-refractivity contribution in [1.29, 1.82) is 0 Å². The third kappa shape index (κ3) is 2.52. The van der Waals surface area contributed by atoms with Gasteiger partial charge in [-0.3, -0.25) is 4.68 Å². The van der Waals surface area contributed by atoms with Crippen molar-refractivity contribution in [2.75, 3.05) is 13.7 Å². The lowest BCUT2D eigenvalue weighted by Crippen LogP contribution is -2.19. The molecule has 1 unspecified atom stereocenters. The first-order valence-electron chi connectivity index (χ1n) is 5.23. The zero-order valence-corrected chi connectivity index (χ0v) is 10.2. The summed E-state index contributed by atoms with van der Waals surface area (Å²) < 4.78 is 12.0. The van der Waals surface area contributed by atoms with Gasteiger partial charge in [0.05, 0.1) is 36.3 Å². The molecule has 2 aromatic rings. The first-order valence-corrected chi connectivity index (χ1v) is 5.61. The second-order valence-electron chi connectivity index (χ2n) is 3.59. The molecule has 2 heterocycles. The van der Waals surface area contributed by atoms with Gasteiger partial charge in [0.25, 0.3) is 0 Å². The Morgan fingerprint density at radius 2 is 2.47 bits per heavy atom. The van der Waals surface area contributed by atoms with Crippen LogP contribution in [0.25, 0.3) is 0 Å². The Balaban J connectivity index is 2.27. The summed E-state index contributed by atoms with van der Waals surface area (Å²) in [5, 5.41) is 4.70. The molecular weight excluding hydrogens is 242 g/mol. The predicted octanol–water partition coefficient (Wildman–Crippen LogP) is 1.82. The van der Waals surface area contributed by atoms with Gasteiger partial charge in [0, 0.05) is 7.11 Å². The van der Waals surface area contributed by atoms with E-state index in [1.807, 2.05) is 6.07 Å². The van der Waals surface area contributed by atoms with Gasteiger partial charge < -0.3 is 14.9 Å². The number of ether oxygens (including phenoxy) is 1. The number of halogens is 1. The van der Waals surface area contributed by atoms with Crippen molar-refractivity contribution >= 4 is 11.6 Å². The second kappa shape index (κ2) is 5.35. The van der Waals surface area contributed by atoms with Crippen LogP contribution in [0.3, 0.4) is 0 Å². The second-order valence-corrected chi connectivity index (χ2v) is 3.99. The van der Waals surface area contributed by atoms with Crippen molar-refractivity contribution in [2.24, 2.45) is 5.73 Å². The first-order chi connectivity index (χ1) is 8.24. The van der Waals surface area contributed by atoms with E-state index in [0.29, 0.717) is 23.9 Å². The van der Waals surface area contributed by atoms with Crippen molar-refractivity contribution in [3.63, 3.8) is 0 Å². The molecule has 0 aliphatic heterocycles. The van der Waals surface area contributed by atoms with Crippen LogP contribution in [-0.4, -0.2) is 23.5 Å². The van der Waals surface area contributed by atoms with Crippen LogP contribution in [0.4, 0.5) is 0 Å². The molecule has 2 aromatic heterocycles. The Kier molecular flexibility index (Phi) is 3.83. The molecule has 0 saturated heterocycles. The van der Waals surface area contributed by atoms with Gasteiger partial charge in [-0.25, -0.2) is 0 Å². The van der Waals surface area contributed by atoms with Gasteiger partial charge >= 0.3 is 0 Å². The van der Waals surface area contributed by atoms with Crippen LogP contribution in [0.1, 0.15) is 17.5 Å². The van der Waals surface area contributed by atoms with Crippen molar-refractivity contribution in [3.8, 4) is 0 Å². The van der Waals surface area contributed by atoms with E-state index in [1.165, 1.54) is 0 Å². The number of furan rings is 1. The largest absolute Gasteiger partial charge is 0.467 e.